The van der Waals surface area contributed by atoms with E-state index in [2.05, 4.69) is 24.5 Å². The molecule has 0 saturated heterocycles. The molecular weight excluding hydrogens is 204 g/mol. The SMILES string of the molecule is CCNC(=O)OC(C)(C)C.CNCC(C)C. The molecule has 2 N–H and O–H groups in total. The molecule has 0 aromatic rings. The van der Waals surface area contributed by atoms with E-state index in [0.29, 0.717) is 6.54 Å². The fraction of sp³-hybridized carbons (Fsp3) is 0.917. The first-order valence-corrected chi connectivity index (χ1v) is 5.84. The number of ether oxygens (including phenoxy) is 1. The Kier molecular flexibility index (Phi) is 10.4. The Hall–Kier alpha value is -0.770. The number of alkyl carbamates (subject to hydrolysis) is 1. The van der Waals surface area contributed by atoms with Crippen molar-refractivity contribution in [3.8, 4) is 0 Å². The van der Waals surface area contributed by atoms with Gasteiger partial charge in [0.05, 0.1) is 0 Å². The molecule has 0 bridgehead atoms. The van der Waals surface area contributed by atoms with E-state index in [0.717, 1.165) is 12.5 Å². The van der Waals surface area contributed by atoms with Crippen LogP contribution in [-0.4, -0.2) is 31.8 Å². The van der Waals surface area contributed by atoms with Gasteiger partial charge in [0.15, 0.2) is 0 Å². The lowest BCUT2D eigenvalue weighted by molar-refractivity contribution is 0.0531. The van der Waals surface area contributed by atoms with Crippen LogP contribution in [0.1, 0.15) is 41.5 Å². The second-order valence-electron chi connectivity index (χ2n) is 4.98. The van der Waals surface area contributed by atoms with Crippen molar-refractivity contribution in [2.45, 2.75) is 47.1 Å². The van der Waals surface area contributed by atoms with E-state index in [1.165, 1.54) is 0 Å². The highest BCUT2D eigenvalue weighted by Crippen LogP contribution is 2.05. The Morgan fingerprint density at radius 1 is 1.31 bits per heavy atom. The van der Waals surface area contributed by atoms with Gasteiger partial charge in [0.1, 0.15) is 5.60 Å². The van der Waals surface area contributed by atoms with Gasteiger partial charge in [-0.2, -0.15) is 0 Å². The van der Waals surface area contributed by atoms with Gasteiger partial charge in [0.2, 0.25) is 0 Å². The Labute approximate surface area is 100 Å². The Balaban J connectivity index is 0. The van der Waals surface area contributed by atoms with E-state index in [-0.39, 0.29) is 11.7 Å². The average molecular weight is 232 g/mol. The fourth-order valence-electron chi connectivity index (χ4n) is 0.867. The molecule has 16 heavy (non-hydrogen) atoms. The van der Waals surface area contributed by atoms with Crippen molar-refractivity contribution in [2.75, 3.05) is 20.1 Å². The molecule has 4 nitrogen and oxygen atoms in total. The van der Waals surface area contributed by atoms with Crippen LogP contribution >= 0.6 is 0 Å². The van der Waals surface area contributed by atoms with Crippen LogP contribution in [0.2, 0.25) is 0 Å². The lowest BCUT2D eigenvalue weighted by atomic mass is 10.2. The van der Waals surface area contributed by atoms with Gasteiger partial charge < -0.3 is 15.4 Å². The maximum atomic E-state index is 10.7. The van der Waals surface area contributed by atoms with Crippen LogP contribution in [0.3, 0.4) is 0 Å². The number of carbonyl (C=O) groups is 1. The van der Waals surface area contributed by atoms with Crippen LogP contribution in [0.15, 0.2) is 0 Å². The smallest absolute Gasteiger partial charge is 0.407 e. The Morgan fingerprint density at radius 3 is 2.00 bits per heavy atom. The minimum Gasteiger partial charge on any atom is -0.444 e. The number of carbonyl (C=O) groups excluding carboxylic acids is 1. The fourth-order valence-corrected chi connectivity index (χ4v) is 0.867. The molecule has 0 spiro atoms. The van der Waals surface area contributed by atoms with Crippen LogP contribution < -0.4 is 10.6 Å². The summed E-state index contributed by atoms with van der Waals surface area (Å²) in [6.45, 7) is 13.5. The molecule has 0 radical (unpaired) electrons. The predicted octanol–water partition coefficient (Wildman–Crippen LogP) is 2.39. The van der Waals surface area contributed by atoms with Crippen LogP contribution in [-0.2, 0) is 4.74 Å². The van der Waals surface area contributed by atoms with Gasteiger partial charge in [0, 0.05) is 6.54 Å². The van der Waals surface area contributed by atoms with Crippen molar-refractivity contribution in [3.63, 3.8) is 0 Å². The molecule has 0 atom stereocenters. The van der Waals surface area contributed by atoms with E-state index in [4.69, 9.17) is 4.74 Å². The lowest BCUT2D eigenvalue weighted by Crippen LogP contribution is -2.32. The number of hydrogen-bond donors (Lipinski definition) is 2. The molecule has 1 amide bonds. The van der Waals surface area contributed by atoms with E-state index in [9.17, 15) is 4.79 Å². The summed E-state index contributed by atoms with van der Waals surface area (Å²) in [6, 6.07) is 0. The average Bonchev–Trinajstić information content (AvgIpc) is 2.01. The first kappa shape index (κ1) is 17.6. The van der Waals surface area contributed by atoms with Gasteiger partial charge >= 0.3 is 6.09 Å². The monoisotopic (exact) mass is 232 g/mol. The second kappa shape index (κ2) is 9.46. The minimum absolute atomic E-state index is 0.352. The molecule has 98 valence electrons. The molecule has 0 aromatic carbocycles. The molecule has 0 heterocycles. The van der Waals surface area contributed by atoms with Crippen molar-refractivity contribution >= 4 is 6.09 Å². The number of hydrogen-bond acceptors (Lipinski definition) is 3. The first-order valence-electron chi connectivity index (χ1n) is 5.84. The van der Waals surface area contributed by atoms with Gasteiger partial charge in [-0.25, -0.2) is 4.79 Å². The van der Waals surface area contributed by atoms with Crippen LogP contribution in [0, 0.1) is 5.92 Å². The van der Waals surface area contributed by atoms with E-state index >= 15 is 0 Å². The van der Waals surface area contributed by atoms with Gasteiger partial charge in [-0.05, 0) is 47.2 Å². The minimum atomic E-state index is -0.390. The third-order valence-electron chi connectivity index (χ3n) is 1.33. The summed E-state index contributed by atoms with van der Waals surface area (Å²) < 4.78 is 4.93. The Bertz CT molecular complexity index is 174. The first-order chi connectivity index (χ1) is 7.22. The highest BCUT2D eigenvalue weighted by Gasteiger charge is 2.14. The number of amides is 1. The van der Waals surface area contributed by atoms with E-state index < -0.39 is 0 Å². The normalized spacial score (nSPS) is 10.5. The Morgan fingerprint density at radius 2 is 1.81 bits per heavy atom. The molecule has 0 unspecified atom stereocenters. The van der Waals surface area contributed by atoms with Crippen LogP contribution in [0.25, 0.3) is 0 Å². The van der Waals surface area contributed by atoms with Crippen molar-refractivity contribution in [3.05, 3.63) is 0 Å². The lowest BCUT2D eigenvalue weighted by Gasteiger charge is -2.19. The molecule has 4 heteroatoms. The van der Waals surface area contributed by atoms with Crippen molar-refractivity contribution in [2.24, 2.45) is 5.92 Å². The summed E-state index contributed by atoms with van der Waals surface area (Å²) >= 11 is 0. The molecule has 0 aromatic heterocycles. The third-order valence-corrected chi connectivity index (χ3v) is 1.33. The molecule has 0 fully saturated rings. The standard InChI is InChI=1S/C7H15NO2.C5H13N/c1-5-8-6(9)10-7(2,3)4;1-5(2)4-6-3/h5H2,1-4H3,(H,8,9);5-6H,4H2,1-3H3. The summed E-state index contributed by atoms with van der Waals surface area (Å²) in [4.78, 5) is 10.7. The maximum absolute atomic E-state index is 10.7. The summed E-state index contributed by atoms with van der Waals surface area (Å²) in [6.07, 6.45) is -0.352. The summed E-state index contributed by atoms with van der Waals surface area (Å²) in [5.41, 5.74) is -0.390. The summed E-state index contributed by atoms with van der Waals surface area (Å²) in [5, 5.41) is 5.61. The largest absolute Gasteiger partial charge is 0.444 e. The quantitative estimate of drug-likeness (QED) is 0.785. The molecule has 0 saturated carbocycles. The highest BCUT2D eigenvalue weighted by atomic mass is 16.6. The van der Waals surface area contributed by atoms with Crippen molar-refractivity contribution in [1.82, 2.24) is 10.6 Å². The van der Waals surface area contributed by atoms with Crippen molar-refractivity contribution in [1.29, 1.82) is 0 Å². The maximum Gasteiger partial charge on any atom is 0.407 e. The van der Waals surface area contributed by atoms with Gasteiger partial charge in [0.25, 0.3) is 0 Å². The topological polar surface area (TPSA) is 50.4 Å². The molecule has 0 aliphatic carbocycles. The van der Waals surface area contributed by atoms with Gasteiger partial charge in [-0.15, -0.1) is 0 Å². The van der Waals surface area contributed by atoms with Crippen molar-refractivity contribution < 1.29 is 9.53 Å². The molecular formula is C12H28N2O2. The number of nitrogens with one attached hydrogen (secondary N) is 2. The van der Waals surface area contributed by atoms with E-state index in [1.54, 1.807) is 0 Å². The molecule has 0 aliphatic heterocycles. The van der Waals surface area contributed by atoms with Crippen LogP contribution in [0.4, 0.5) is 4.79 Å². The zero-order valence-corrected chi connectivity index (χ0v) is 11.8. The molecule has 0 aliphatic rings. The summed E-state index contributed by atoms with van der Waals surface area (Å²) in [5.74, 6) is 0.787. The van der Waals surface area contributed by atoms with Crippen LogP contribution in [0.5, 0.6) is 0 Å². The van der Waals surface area contributed by atoms with Gasteiger partial charge in [-0.3, -0.25) is 0 Å². The molecule has 0 rings (SSSR count). The van der Waals surface area contributed by atoms with Gasteiger partial charge in [-0.1, -0.05) is 13.8 Å². The zero-order chi connectivity index (χ0) is 13.2. The second-order valence-corrected chi connectivity index (χ2v) is 4.98. The highest BCUT2D eigenvalue weighted by molar-refractivity contribution is 5.67. The predicted molar refractivity (Wildman–Crippen MR) is 68.7 cm³/mol. The third kappa shape index (κ3) is 18.9. The van der Waals surface area contributed by atoms with E-state index in [1.807, 2.05) is 34.7 Å². The zero-order valence-electron chi connectivity index (χ0n) is 11.8. The summed E-state index contributed by atoms with van der Waals surface area (Å²) in [7, 11) is 1.97. The number of rotatable bonds is 3.